The Morgan fingerprint density at radius 2 is 2.21 bits per heavy atom. The second kappa shape index (κ2) is 5.58. The van der Waals surface area contributed by atoms with Gasteiger partial charge in [0.1, 0.15) is 11.5 Å². The van der Waals surface area contributed by atoms with E-state index < -0.39 is 6.03 Å². The molecule has 1 aromatic carbocycles. The second-order valence-corrected chi connectivity index (χ2v) is 4.33. The molecule has 0 saturated heterocycles. The molecule has 0 bridgehead atoms. The van der Waals surface area contributed by atoms with E-state index in [9.17, 15) is 4.79 Å². The Bertz CT molecular complexity index is 635. The Morgan fingerprint density at radius 3 is 2.95 bits per heavy atom. The molecule has 0 radical (unpaired) electrons. The molecular formula is C13H12ClN3O2. The van der Waals surface area contributed by atoms with Crippen LogP contribution in [0.5, 0.6) is 0 Å². The number of nitrogens with two attached hydrogens (primary N) is 1. The molecule has 2 aromatic rings. The number of urea groups is 1. The first-order valence-electron chi connectivity index (χ1n) is 5.51. The number of hydrazone groups is 1. The first kappa shape index (κ1) is 13.2. The van der Waals surface area contributed by atoms with E-state index in [0.717, 1.165) is 11.1 Å². The molecule has 2 rings (SSSR count). The SMILES string of the molecule is Cc1ccc(Cl)cc1-c1ccc(/C=N\NC(N)=O)o1. The molecule has 98 valence electrons. The normalized spacial score (nSPS) is 10.8. The molecule has 6 heteroatoms. The zero-order valence-corrected chi connectivity index (χ0v) is 10.9. The number of nitrogens with one attached hydrogen (secondary N) is 1. The summed E-state index contributed by atoms with van der Waals surface area (Å²) in [6.45, 7) is 1.97. The van der Waals surface area contributed by atoms with Crippen LogP contribution in [0.25, 0.3) is 11.3 Å². The highest BCUT2D eigenvalue weighted by molar-refractivity contribution is 6.30. The Hall–Kier alpha value is -2.27. The van der Waals surface area contributed by atoms with Gasteiger partial charge in [0.05, 0.1) is 6.21 Å². The van der Waals surface area contributed by atoms with Crippen molar-refractivity contribution in [2.24, 2.45) is 10.8 Å². The molecule has 0 fully saturated rings. The number of carbonyl (C=O) groups is 1. The fraction of sp³-hybridized carbons (Fsp3) is 0.0769. The number of amides is 2. The minimum absolute atomic E-state index is 0.503. The van der Waals surface area contributed by atoms with Crippen molar-refractivity contribution in [2.45, 2.75) is 6.92 Å². The zero-order valence-electron chi connectivity index (χ0n) is 10.2. The molecule has 0 atom stereocenters. The topological polar surface area (TPSA) is 80.6 Å². The molecule has 3 N–H and O–H groups in total. The number of benzene rings is 1. The molecule has 1 heterocycles. The summed E-state index contributed by atoms with van der Waals surface area (Å²) < 4.78 is 5.59. The van der Waals surface area contributed by atoms with Crippen LogP contribution < -0.4 is 11.2 Å². The van der Waals surface area contributed by atoms with E-state index in [-0.39, 0.29) is 0 Å². The van der Waals surface area contributed by atoms with E-state index in [0.29, 0.717) is 16.5 Å². The maximum atomic E-state index is 10.5. The standard InChI is InChI=1S/C13H12ClN3O2/c1-8-2-3-9(14)6-11(8)12-5-4-10(19-12)7-16-17-13(15)18/h2-7H,1H3,(H3,15,17,18)/b16-7-. The van der Waals surface area contributed by atoms with Gasteiger partial charge in [-0.3, -0.25) is 0 Å². The van der Waals surface area contributed by atoms with Crippen molar-refractivity contribution in [3.05, 3.63) is 46.7 Å². The van der Waals surface area contributed by atoms with Gasteiger partial charge in [-0.05, 0) is 36.8 Å². The van der Waals surface area contributed by atoms with Gasteiger partial charge in [-0.25, -0.2) is 10.2 Å². The maximum absolute atomic E-state index is 10.5. The van der Waals surface area contributed by atoms with Gasteiger partial charge in [-0.1, -0.05) is 17.7 Å². The Labute approximate surface area is 115 Å². The van der Waals surface area contributed by atoms with Crippen molar-refractivity contribution >= 4 is 23.8 Å². The number of primary amides is 1. The Morgan fingerprint density at radius 1 is 1.42 bits per heavy atom. The fourth-order valence-corrected chi connectivity index (χ4v) is 1.76. The summed E-state index contributed by atoms with van der Waals surface area (Å²) in [5.41, 5.74) is 8.94. The predicted octanol–water partition coefficient (Wildman–Crippen LogP) is 2.91. The van der Waals surface area contributed by atoms with E-state index in [2.05, 4.69) is 10.5 Å². The van der Waals surface area contributed by atoms with E-state index in [1.807, 2.05) is 31.2 Å². The number of hydrogen-bond acceptors (Lipinski definition) is 3. The summed E-state index contributed by atoms with van der Waals surface area (Å²) in [6, 6.07) is 8.39. The van der Waals surface area contributed by atoms with Crippen LogP contribution in [-0.2, 0) is 0 Å². The summed E-state index contributed by atoms with van der Waals surface area (Å²) in [7, 11) is 0. The van der Waals surface area contributed by atoms with Gasteiger partial charge in [0, 0.05) is 10.6 Å². The molecule has 0 saturated carbocycles. The quantitative estimate of drug-likeness (QED) is 0.668. The van der Waals surface area contributed by atoms with Crippen molar-refractivity contribution in [3.8, 4) is 11.3 Å². The van der Waals surface area contributed by atoms with Gasteiger partial charge in [-0.2, -0.15) is 5.10 Å². The minimum Gasteiger partial charge on any atom is -0.455 e. The molecule has 0 aliphatic heterocycles. The molecular weight excluding hydrogens is 266 g/mol. The monoisotopic (exact) mass is 277 g/mol. The number of hydrogen-bond donors (Lipinski definition) is 2. The lowest BCUT2D eigenvalue weighted by molar-refractivity contribution is 0.249. The summed E-state index contributed by atoms with van der Waals surface area (Å²) in [6.07, 6.45) is 1.37. The highest BCUT2D eigenvalue weighted by Crippen LogP contribution is 2.27. The van der Waals surface area contributed by atoms with Gasteiger partial charge in [-0.15, -0.1) is 0 Å². The van der Waals surface area contributed by atoms with Crippen molar-refractivity contribution in [1.82, 2.24) is 5.43 Å². The molecule has 0 spiro atoms. The third-order valence-corrected chi connectivity index (χ3v) is 2.69. The van der Waals surface area contributed by atoms with Crippen LogP contribution >= 0.6 is 11.6 Å². The largest absolute Gasteiger partial charge is 0.455 e. The predicted molar refractivity (Wildman–Crippen MR) is 74.2 cm³/mol. The lowest BCUT2D eigenvalue weighted by atomic mass is 10.1. The zero-order chi connectivity index (χ0) is 13.8. The first-order valence-corrected chi connectivity index (χ1v) is 5.89. The maximum Gasteiger partial charge on any atom is 0.332 e. The van der Waals surface area contributed by atoms with Gasteiger partial charge in [0.25, 0.3) is 0 Å². The molecule has 0 aliphatic rings. The first-order chi connectivity index (χ1) is 9.06. The minimum atomic E-state index is -0.728. The van der Waals surface area contributed by atoms with Crippen LogP contribution in [0, 0.1) is 6.92 Å². The highest BCUT2D eigenvalue weighted by atomic mass is 35.5. The summed E-state index contributed by atoms with van der Waals surface area (Å²) in [5.74, 6) is 1.18. The Balaban J connectivity index is 2.23. The van der Waals surface area contributed by atoms with E-state index in [1.54, 1.807) is 6.07 Å². The number of carbonyl (C=O) groups excluding carboxylic acids is 1. The molecule has 0 unspecified atom stereocenters. The van der Waals surface area contributed by atoms with Crippen LogP contribution in [0.2, 0.25) is 5.02 Å². The summed E-state index contributed by atoms with van der Waals surface area (Å²) >= 11 is 5.96. The van der Waals surface area contributed by atoms with E-state index >= 15 is 0 Å². The van der Waals surface area contributed by atoms with Crippen molar-refractivity contribution in [3.63, 3.8) is 0 Å². The smallest absolute Gasteiger partial charge is 0.332 e. The average Bonchev–Trinajstić information content (AvgIpc) is 2.80. The summed E-state index contributed by atoms with van der Waals surface area (Å²) in [4.78, 5) is 10.5. The molecule has 1 aromatic heterocycles. The molecule has 0 aliphatic carbocycles. The number of furan rings is 1. The number of halogens is 1. The number of aryl methyl sites for hydroxylation is 1. The van der Waals surface area contributed by atoms with Gasteiger partial charge in [0.2, 0.25) is 0 Å². The third-order valence-electron chi connectivity index (χ3n) is 2.46. The highest BCUT2D eigenvalue weighted by Gasteiger charge is 2.07. The van der Waals surface area contributed by atoms with Crippen molar-refractivity contribution in [1.29, 1.82) is 0 Å². The van der Waals surface area contributed by atoms with Crippen LogP contribution in [-0.4, -0.2) is 12.2 Å². The lowest BCUT2D eigenvalue weighted by Crippen LogP contribution is -2.24. The third kappa shape index (κ3) is 3.35. The number of nitrogens with zero attached hydrogens (tertiary/aromatic N) is 1. The van der Waals surface area contributed by atoms with Crippen molar-refractivity contribution < 1.29 is 9.21 Å². The average molecular weight is 278 g/mol. The summed E-state index contributed by atoms with van der Waals surface area (Å²) in [5, 5.41) is 4.26. The van der Waals surface area contributed by atoms with Crippen LogP contribution in [0.1, 0.15) is 11.3 Å². The Kier molecular flexibility index (Phi) is 3.87. The van der Waals surface area contributed by atoms with Crippen LogP contribution in [0.3, 0.4) is 0 Å². The van der Waals surface area contributed by atoms with E-state index in [4.69, 9.17) is 21.8 Å². The van der Waals surface area contributed by atoms with Gasteiger partial charge >= 0.3 is 6.03 Å². The number of rotatable bonds is 3. The van der Waals surface area contributed by atoms with Crippen LogP contribution in [0.15, 0.2) is 39.9 Å². The lowest BCUT2D eigenvalue weighted by Gasteiger charge is -2.02. The molecule has 5 nitrogen and oxygen atoms in total. The van der Waals surface area contributed by atoms with Crippen molar-refractivity contribution in [2.75, 3.05) is 0 Å². The van der Waals surface area contributed by atoms with E-state index in [1.165, 1.54) is 6.21 Å². The van der Waals surface area contributed by atoms with Gasteiger partial charge < -0.3 is 10.2 Å². The molecule has 2 amide bonds. The fourth-order valence-electron chi connectivity index (χ4n) is 1.59. The van der Waals surface area contributed by atoms with Gasteiger partial charge in [0.15, 0.2) is 0 Å². The molecule has 19 heavy (non-hydrogen) atoms. The van der Waals surface area contributed by atoms with Crippen LogP contribution in [0.4, 0.5) is 4.79 Å². The second-order valence-electron chi connectivity index (χ2n) is 3.90.